The first kappa shape index (κ1) is 12.6. The molecular weight excluding hydrogens is 243 g/mol. The molecule has 0 radical (unpaired) electrons. The Morgan fingerprint density at radius 1 is 1.26 bits per heavy atom. The van der Waals surface area contributed by atoms with Crippen LogP contribution in [0.2, 0.25) is 0 Å². The summed E-state index contributed by atoms with van der Waals surface area (Å²) in [7, 11) is 2.16. The maximum absolute atomic E-state index is 13.6. The van der Waals surface area contributed by atoms with Gasteiger partial charge in [0.2, 0.25) is 0 Å². The van der Waals surface area contributed by atoms with Gasteiger partial charge in [-0.3, -0.25) is 4.79 Å². The summed E-state index contributed by atoms with van der Waals surface area (Å²) in [5.74, 6) is -0.733. The Morgan fingerprint density at radius 3 is 2.53 bits per heavy atom. The molecule has 0 aromatic heterocycles. The number of piperidine rings is 1. The summed E-state index contributed by atoms with van der Waals surface area (Å²) in [6, 6.07) is 7.48. The summed E-state index contributed by atoms with van der Waals surface area (Å²) in [6.07, 6.45) is 4.39. The van der Waals surface area contributed by atoms with Crippen molar-refractivity contribution >= 4 is 5.91 Å². The Morgan fingerprint density at radius 2 is 1.89 bits per heavy atom. The van der Waals surface area contributed by atoms with Crippen LogP contribution in [0, 0.1) is 5.82 Å². The summed E-state index contributed by atoms with van der Waals surface area (Å²) >= 11 is 0. The number of amides is 1. The topological polar surface area (TPSA) is 32.3 Å². The summed E-state index contributed by atoms with van der Waals surface area (Å²) in [6.45, 7) is 0. The van der Waals surface area contributed by atoms with E-state index in [1.54, 1.807) is 12.1 Å². The molecular formula is C15H19FN2O. The molecule has 102 valence electrons. The third-order valence-electron chi connectivity index (χ3n) is 4.55. The number of nitrogens with one attached hydrogen (secondary N) is 1. The molecule has 4 heteroatoms. The summed E-state index contributed by atoms with van der Waals surface area (Å²) in [5, 5.41) is 2.99. The number of hydrogen-bond acceptors (Lipinski definition) is 2. The zero-order chi connectivity index (χ0) is 13.4. The van der Waals surface area contributed by atoms with Crippen LogP contribution in [-0.4, -0.2) is 36.0 Å². The van der Waals surface area contributed by atoms with Gasteiger partial charge in [0.1, 0.15) is 5.82 Å². The Bertz CT molecular complexity index is 477. The Balaban J connectivity index is 1.67. The van der Waals surface area contributed by atoms with Gasteiger partial charge in [-0.15, -0.1) is 0 Å². The highest BCUT2D eigenvalue weighted by atomic mass is 19.1. The van der Waals surface area contributed by atoms with Crippen LogP contribution in [0.15, 0.2) is 24.3 Å². The van der Waals surface area contributed by atoms with Gasteiger partial charge < -0.3 is 10.2 Å². The molecule has 3 nitrogen and oxygen atoms in total. The van der Waals surface area contributed by atoms with Crippen LogP contribution < -0.4 is 5.32 Å². The number of carbonyl (C=O) groups excluding carboxylic acids is 1. The molecule has 2 unspecified atom stereocenters. The van der Waals surface area contributed by atoms with Crippen molar-refractivity contribution < 1.29 is 9.18 Å². The van der Waals surface area contributed by atoms with E-state index in [0.29, 0.717) is 12.1 Å². The highest BCUT2D eigenvalue weighted by molar-refractivity contribution is 5.94. The van der Waals surface area contributed by atoms with Crippen molar-refractivity contribution in [3.63, 3.8) is 0 Å². The largest absolute Gasteiger partial charge is 0.349 e. The monoisotopic (exact) mass is 262 g/mol. The number of rotatable bonds is 2. The second-order valence-electron chi connectivity index (χ2n) is 5.67. The fourth-order valence-corrected chi connectivity index (χ4v) is 3.44. The molecule has 2 heterocycles. The van der Waals surface area contributed by atoms with Gasteiger partial charge in [-0.1, -0.05) is 12.1 Å². The smallest absolute Gasteiger partial charge is 0.254 e. The lowest BCUT2D eigenvalue weighted by atomic mass is 9.97. The average Bonchev–Trinajstić information content (AvgIpc) is 2.63. The van der Waals surface area contributed by atoms with Crippen molar-refractivity contribution in [2.45, 2.75) is 43.8 Å². The lowest BCUT2D eigenvalue weighted by molar-refractivity contribution is 0.0878. The lowest BCUT2D eigenvalue weighted by Gasteiger charge is -2.36. The van der Waals surface area contributed by atoms with Crippen molar-refractivity contribution in [2.24, 2.45) is 0 Å². The molecule has 2 saturated heterocycles. The van der Waals surface area contributed by atoms with Gasteiger partial charge in [0.25, 0.3) is 5.91 Å². The van der Waals surface area contributed by atoms with E-state index in [1.807, 2.05) is 0 Å². The van der Waals surface area contributed by atoms with Gasteiger partial charge in [-0.05, 0) is 44.9 Å². The molecule has 1 N–H and O–H groups in total. The van der Waals surface area contributed by atoms with Crippen LogP contribution >= 0.6 is 0 Å². The fraction of sp³-hybridized carbons (Fsp3) is 0.533. The van der Waals surface area contributed by atoms with E-state index in [-0.39, 0.29) is 17.5 Å². The number of nitrogens with zero attached hydrogens (tertiary/aromatic N) is 1. The molecule has 0 spiro atoms. The SMILES string of the molecule is CN1C2CCC1CC(NC(=O)c1ccccc1F)C2. The predicted octanol–water partition coefficient (Wildman–Crippen LogP) is 2.18. The quantitative estimate of drug-likeness (QED) is 0.886. The van der Waals surface area contributed by atoms with Crippen molar-refractivity contribution in [1.82, 2.24) is 10.2 Å². The highest BCUT2D eigenvalue weighted by Crippen LogP contribution is 2.34. The minimum atomic E-state index is -0.448. The van der Waals surface area contributed by atoms with Gasteiger partial charge in [0.15, 0.2) is 0 Å². The van der Waals surface area contributed by atoms with Gasteiger partial charge in [-0.2, -0.15) is 0 Å². The number of carbonyl (C=O) groups is 1. The van der Waals surface area contributed by atoms with Crippen molar-refractivity contribution in [3.05, 3.63) is 35.6 Å². The van der Waals surface area contributed by atoms with Crippen LogP contribution in [0.1, 0.15) is 36.0 Å². The average molecular weight is 262 g/mol. The maximum atomic E-state index is 13.6. The van der Waals surface area contributed by atoms with Crippen LogP contribution in [0.5, 0.6) is 0 Å². The third-order valence-corrected chi connectivity index (χ3v) is 4.55. The molecule has 2 bridgehead atoms. The second kappa shape index (κ2) is 4.93. The number of benzene rings is 1. The zero-order valence-corrected chi connectivity index (χ0v) is 11.1. The molecule has 3 rings (SSSR count). The summed E-state index contributed by atoms with van der Waals surface area (Å²) in [4.78, 5) is 14.5. The van der Waals surface area contributed by atoms with Crippen molar-refractivity contribution in [3.8, 4) is 0 Å². The molecule has 2 aliphatic heterocycles. The Kier molecular flexibility index (Phi) is 3.27. The number of halogens is 1. The van der Waals surface area contributed by atoms with E-state index in [1.165, 1.54) is 25.0 Å². The van der Waals surface area contributed by atoms with E-state index >= 15 is 0 Å². The molecule has 2 fully saturated rings. The van der Waals surface area contributed by atoms with E-state index < -0.39 is 5.82 Å². The zero-order valence-electron chi connectivity index (χ0n) is 11.1. The molecule has 0 saturated carbocycles. The Hall–Kier alpha value is -1.42. The number of hydrogen-bond donors (Lipinski definition) is 1. The molecule has 1 amide bonds. The maximum Gasteiger partial charge on any atom is 0.254 e. The first-order valence-electron chi connectivity index (χ1n) is 6.92. The molecule has 2 atom stereocenters. The standard InChI is InChI=1S/C15H19FN2O/c1-18-11-6-7-12(18)9-10(8-11)17-15(19)13-4-2-3-5-14(13)16/h2-5,10-12H,6-9H2,1H3,(H,17,19). The van der Waals surface area contributed by atoms with E-state index in [0.717, 1.165) is 12.8 Å². The minimum Gasteiger partial charge on any atom is -0.349 e. The first-order valence-corrected chi connectivity index (χ1v) is 6.92. The predicted molar refractivity (Wildman–Crippen MR) is 71.5 cm³/mol. The number of fused-ring (bicyclic) bond motifs is 2. The van der Waals surface area contributed by atoms with Gasteiger partial charge in [-0.25, -0.2) is 4.39 Å². The van der Waals surface area contributed by atoms with Crippen LogP contribution in [0.4, 0.5) is 4.39 Å². The van der Waals surface area contributed by atoms with E-state index in [4.69, 9.17) is 0 Å². The molecule has 0 aliphatic carbocycles. The summed E-state index contributed by atoms with van der Waals surface area (Å²) in [5.41, 5.74) is 0.147. The normalized spacial score (nSPS) is 30.3. The highest BCUT2D eigenvalue weighted by Gasteiger charge is 2.38. The van der Waals surface area contributed by atoms with E-state index in [9.17, 15) is 9.18 Å². The van der Waals surface area contributed by atoms with Crippen LogP contribution in [-0.2, 0) is 0 Å². The molecule has 2 aliphatic rings. The second-order valence-corrected chi connectivity index (χ2v) is 5.67. The van der Waals surface area contributed by atoms with Gasteiger partial charge >= 0.3 is 0 Å². The van der Waals surface area contributed by atoms with Crippen LogP contribution in [0.3, 0.4) is 0 Å². The Labute approximate surface area is 112 Å². The van der Waals surface area contributed by atoms with Crippen molar-refractivity contribution in [1.29, 1.82) is 0 Å². The van der Waals surface area contributed by atoms with Gasteiger partial charge in [0.05, 0.1) is 5.56 Å². The molecule has 19 heavy (non-hydrogen) atoms. The lowest BCUT2D eigenvalue weighted by Crippen LogP contribution is -2.48. The first-order chi connectivity index (χ1) is 9.15. The van der Waals surface area contributed by atoms with Crippen LogP contribution in [0.25, 0.3) is 0 Å². The molecule has 1 aromatic rings. The molecule has 1 aromatic carbocycles. The van der Waals surface area contributed by atoms with Crippen molar-refractivity contribution in [2.75, 3.05) is 7.05 Å². The fourth-order valence-electron chi connectivity index (χ4n) is 3.44. The minimum absolute atomic E-state index is 0.147. The third kappa shape index (κ3) is 2.37. The van der Waals surface area contributed by atoms with Gasteiger partial charge in [0, 0.05) is 18.1 Å². The summed E-state index contributed by atoms with van der Waals surface area (Å²) < 4.78 is 13.6. The van der Waals surface area contributed by atoms with E-state index in [2.05, 4.69) is 17.3 Å².